The fraction of sp³-hybridized carbons (Fsp3) is 0.500. The van der Waals surface area contributed by atoms with Crippen LogP contribution < -0.4 is 0 Å². The molecule has 1 atom stereocenters. The predicted molar refractivity (Wildman–Crippen MR) is 53.9 cm³/mol. The molecule has 0 bridgehead atoms. The molecule has 1 unspecified atom stereocenters. The van der Waals surface area contributed by atoms with Gasteiger partial charge < -0.3 is 9.84 Å². The molecule has 0 saturated heterocycles. The lowest BCUT2D eigenvalue weighted by Crippen LogP contribution is -2.12. The molecular weight excluding hydrogens is 196 g/mol. The molecule has 1 heterocycles. The molecule has 1 aromatic rings. The van der Waals surface area contributed by atoms with Crippen LogP contribution in [0, 0.1) is 13.8 Å². The van der Waals surface area contributed by atoms with Crippen LogP contribution in [0.4, 0.5) is 0 Å². The van der Waals surface area contributed by atoms with Gasteiger partial charge in [0.2, 0.25) is 0 Å². The van der Waals surface area contributed by atoms with Crippen LogP contribution >= 0.6 is 0 Å². The van der Waals surface area contributed by atoms with E-state index in [1.807, 2.05) is 6.92 Å². The van der Waals surface area contributed by atoms with Gasteiger partial charge >= 0.3 is 5.97 Å². The van der Waals surface area contributed by atoms with E-state index in [2.05, 4.69) is 9.97 Å². The molecule has 0 aliphatic heterocycles. The van der Waals surface area contributed by atoms with E-state index in [9.17, 15) is 4.79 Å². The van der Waals surface area contributed by atoms with Crippen molar-refractivity contribution >= 4 is 5.97 Å². The molecule has 0 aliphatic carbocycles. The number of carbonyl (C=O) groups is 1. The van der Waals surface area contributed by atoms with E-state index >= 15 is 0 Å². The number of rotatable bonds is 3. The Morgan fingerprint density at radius 2 is 1.80 bits per heavy atom. The summed E-state index contributed by atoms with van der Waals surface area (Å²) in [5, 5.41) is 8.92. The molecule has 0 spiro atoms. The first-order chi connectivity index (χ1) is 6.97. The third-order valence-electron chi connectivity index (χ3n) is 2.22. The fourth-order valence-electron chi connectivity index (χ4n) is 1.34. The largest absolute Gasteiger partial charge is 0.478 e. The summed E-state index contributed by atoms with van der Waals surface area (Å²) >= 11 is 0. The van der Waals surface area contributed by atoms with Crippen molar-refractivity contribution < 1.29 is 14.6 Å². The second kappa shape index (κ2) is 4.35. The van der Waals surface area contributed by atoms with Gasteiger partial charge in [0.05, 0.1) is 11.4 Å². The molecule has 5 heteroatoms. The number of aryl methyl sites for hydroxylation is 2. The molecule has 0 aliphatic rings. The number of aromatic nitrogens is 2. The molecule has 0 radical (unpaired) electrons. The van der Waals surface area contributed by atoms with Crippen molar-refractivity contribution in [2.24, 2.45) is 0 Å². The first-order valence-electron chi connectivity index (χ1n) is 4.58. The average Bonchev–Trinajstić information content (AvgIpc) is 2.14. The van der Waals surface area contributed by atoms with Crippen molar-refractivity contribution in [3.63, 3.8) is 0 Å². The SMILES string of the molecule is COC(C)c1nc(C)c(C(=O)O)c(C)n1. The Kier molecular flexibility index (Phi) is 3.36. The second-order valence-corrected chi connectivity index (χ2v) is 3.31. The maximum atomic E-state index is 10.9. The molecule has 1 N–H and O–H groups in total. The summed E-state index contributed by atoms with van der Waals surface area (Å²) in [7, 11) is 1.56. The van der Waals surface area contributed by atoms with E-state index in [1.54, 1.807) is 21.0 Å². The average molecular weight is 210 g/mol. The quantitative estimate of drug-likeness (QED) is 0.818. The number of carboxylic acid groups (broad SMARTS) is 1. The number of hydrogen-bond acceptors (Lipinski definition) is 4. The predicted octanol–water partition coefficient (Wildman–Crippen LogP) is 1.50. The van der Waals surface area contributed by atoms with Crippen molar-refractivity contribution in [3.05, 3.63) is 22.8 Å². The number of nitrogens with zero attached hydrogens (tertiary/aromatic N) is 2. The highest BCUT2D eigenvalue weighted by molar-refractivity contribution is 5.89. The van der Waals surface area contributed by atoms with Gasteiger partial charge in [-0.3, -0.25) is 0 Å². The van der Waals surface area contributed by atoms with Gasteiger partial charge in [-0.2, -0.15) is 0 Å². The summed E-state index contributed by atoms with van der Waals surface area (Å²) in [5.74, 6) is -0.487. The van der Waals surface area contributed by atoms with Gasteiger partial charge in [0.25, 0.3) is 0 Å². The number of hydrogen-bond donors (Lipinski definition) is 1. The van der Waals surface area contributed by atoms with E-state index in [4.69, 9.17) is 9.84 Å². The van der Waals surface area contributed by atoms with Crippen LogP contribution in [-0.4, -0.2) is 28.2 Å². The van der Waals surface area contributed by atoms with Crippen LogP contribution in [0.5, 0.6) is 0 Å². The Bertz CT molecular complexity index is 367. The maximum absolute atomic E-state index is 10.9. The monoisotopic (exact) mass is 210 g/mol. The molecule has 0 amide bonds. The lowest BCUT2D eigenvalue weighted by atomic mass is 10.1. The first-order valence-corrected chi connectivity index (χ1v) is 4.58. The van der Waals surface area contributed by atoms with Crippen molar-refractivity contribution in [1.29, 1.82) is 0 Å². The molecule has 0 saturated carbocycles. The van der Waals surface area contributed by atoms with E-state index < -0.39 is 5.97 Å². The van der Waals surface area contributed by atoms with E-state index in [-0.39, 0.29) is 11.7 Å². The molecule has 15 heavy (non-hydrogen) atoms. The number of ether oxygens (including phenoxy) is 1. The van der Waals surface area contributed by atoms with Gasteiger partial charge in [-0.05, 0) is 20.8 Å². The third kappa shape index (κ3) is 2.30. The Labute approximate surface area is 88.1 Å². The van der Waals surface area contributed by atoms with E-state index in [1.165, 1.54) is 0 Å². The molecule has 0 fully saturated rings. The number of methoxy groups -OCH3 is 1. The highest BCUT2D eigenvalue weighted by Crippen LogP contribution is 2.16. The molecule has 1 aromatic heterocycles. The highest BCUT2D eigenvalue weighted by Gasteiger charge is 2.17. The van der Waals surface area contributed by atoms with Gasteiger partial charge in [0.15, 0.2) is 5.82 Å². The van der Waals surface area contributed by atoms with Gasteiger partial charge in [-0.1, -0.05) is 0 Å². The minimum absolute atomic E-state index is 0.169. The van der Waals surface area contributed by atoms with Gasteiger partial charge in [-0.25, -0.2) is 14.8 Å². The summed E-state index contributed by atoms with van der Waals surface area (Å²) in [6, 6.07) is 0. The molecule has 1 rings (SSSR count). The minimum atomic E-state index is -0.999. The van der Waals surface area contributed by atoms with Crippen molar-refractivity contribution in [3.8, 4) is 0 Å². The molecule has 5 nitrogen and oxygen atoms in total. The van der Waals surface area contributed by atoms with Crippen LogP contribution in [0.2, 0.25) is 0 Å². The number of aromatic carboxylic acids is 1. The Balaban J connectivity index is 3.25. The minimum Gasteiger partial charge on any atom is -0.478 e. The summed E-state index contributed by atoms with van der Waals surface area (Å²) in [4.78, 5) is 19.1. The van der Waals surface area contributed by atoms with Crippen LogP contribution in [0.15, 0.2) is 0 Å². The molecular formula is C10H14N2O3. The summed E-state index contributed by atoms with van der Waals surface area (Å²) in [5.41, 5.74) is 1.10. The third-order valence-corrected chi connectivity index (χ3v) is 2.22. The van der Waals surface area contributed by atoms with Crippen molar-refractivity contribution in [2.45, 2.75) is 26.9 Å². The van der Waals surface area contributed by atoms with Crippen molar-refractivity contribution in [2.75, 3.05) is 7.11 Å². The maximum Gasteiger partial charge on any atom is 0.339 e. The zero-order chi connectivity index (χ0) is 11.6. The molecule has 82 valence electrons. The molecule has 0 aromatic carbocycles. The first kappa shape index (κ1) is 11.6. The van der Waals surface area contributed by atoms with Gasteiger partial charge in [0.1, 0.15) is 11.7 Å². The van der Waals surface area contributed by atoms with Crippen LogP contribution in [0.3, 0.4) is 0 Å². The second-order valence-electron chi connectivity index (χ2n) is 3.31. The smallest absolute Gasteiger partial charge is 0.339 e. The summed E-state index contributed by atoms with van der Waals surface area (Å²) < 4.78 is 5.07. The lowest BCUT2D eigenvalue weighted by Gasteiger charge is -2.11. The van der Waals surface area contributed by atoms with Crippen molar-refractivity contribution in [1.82, 2.24) is 9.97 Å². The summed E-state index contributed by atoms with van der Waals surface area (Å²) in [6.07, 6.45) is -0.231. The number of carboxylic acids is 1. The van der Waals surface area contributed by atoms with Crippen LogP contribution in [-0.2, 0) is 4.74 Å². The normalized spacial score (nSPS) is 12.5. The lowest BCUT2D eigenvalue weighted by molar-refractivity contribution is 0.0692. The summed E-state index contributed by atoms with van der Waals surface area (Å²) in [6.45, 7) is 5.13. The zero-order valence-corrected chi connectivity index (χ0v) is 9.24. The van der Waals surface area contributed by atoms with Gasteiger partial charge in [-0.15, -0.1) is 0 Å². The zero-order valence-electron chi connectivity index (χ0n) is 9.24. The highest BCUT2D eigenvalue weighted by atomic mass is 16.5. The van der Waals surface area contributed by atoms with E-state index in [0.717, 1.165) is 0 Å². The topological polar surface area (TPSA) is 72.3 Å². The van der Waals surface area contributed by atoms with Crippen LogP contribution in [0.1, 0.15) is 40.6 Å². The fourth-order valence-corrected chi connectivity index (χ4v) is 1.34. The Hall–Kier alpha value is -1.49. The van der Waals surface area contributed by atoms with Gasteiger partial charge in [0, 0.05) is 7.11 Å². The standard InChI is InChI=1S/C10H14N2O3/c1-5-8(10(13)14)6(2)12-9(11-5)7(3)15-4/h7H,1-4H3,(H,13,14). The van der Waals surface area contributed by atoms with E-state index in [0.29, 0.717) is 17.2 Å². The Morgan fingerprint density at radius 3 is 2.13 bits per heavy atom. The van der Waals surface area contributed by atoms with Crippen LogP contribution in [0.25, 0.3) is 0 Å². The Morgan fingerprint density at radius 1 is 1.33 bits per heavy atom.